The lowest BCUT2D eigenvalue weighted by molar-refractivity contribution is -0.205. The number of carbonyl (C=O) groups is 1. The minimum Gasteiger partial charge on any atom is -0.388 e. The number of hydrogen-bond donors (Lipinski definition) is 5. The molecule has 3 aliphatic rings. The van der Waals surface area contributed by atoms with Crippen molar-refractivity contribution in [3.63, 3.8) is 0 Å². The summed E-state index contributed by atoms with van der Waals surface area (Å²) < 4.78 is 5.81. The molecule has 0 aromatic heterocycles. The molecule has 9 heteroatoms. The van der Waals surface area contributed by atoms with Gasteiger partial charge in [0.25, 0.3) is 0 Å². The predicted octanol–water partition coefficient (Wildman–Crippen LogP) is 0.437. The lowest BCUT2D eigenvalue weighted by Gasteiger charge is -2.44. The van der Waals surface area contributed by atoms with E-state index in [0.717, 1.165) is 25.3 Å². The van der Waals surface area contributed by atoms with Crippen molar-refractivity contribution in [3.05, 3.63) is 0 Å². The summed E-state index contributed by atoms with van der Waals surface area (Å²) in [5, 5.41) is 36.4. The molecule has 162 valence electrons. The van der Waals surface area contributed by atoms with Crippen molar-refractivity contribution in [2.45, 2.75) is 86.3 Å². The third-order valence-corrected chi connectivity index (χ3v) is 7.32. The van der Waals surface area contributed by atoms with Gasteiger partial charge >= 0.3 is 0 Å². The molecule has 0 radical (unpaired) electrons. The van der Waals surface area contributed by atoms with E-state index in [0.29, 0.717) is 5.92 Å². The number of piperidine rings is 1. The first kappa shape index (κ1) is 22.6. The second-order valence-corrected chi connectivity index (χ2v) is 10.1. The third kappa shape index (κ3) is 5.33. The van der Waals surface area contributed by atoms with Crippen LogP contribution in [0.1, 0.15) is 39.0 Å². The Bertz CT molecular complexity index is 536. The van der Waals surface area contributed by atoms with Gasteiger partial charge in [-0.05, 0) is 50.8 Å². The number of hydrogen-bond acceptors (Lipinski definition) is 7. The zero-order valence-electron chi connectivity index (χ0n) is 16.5. The molecule has 7 nitrogen and oxygen atoms in total. The fourth-order valence-electron chi connectivity index (χ4n) is 4.32. The molecule has 3 fully saturated rings. The highest BCUT2D eigenvalue weighted by molar-refractivity contribution is 7.99. The topological polar surface area (TPSA) is 111 Å². The number of nitrogens with one attached hydrogen (secondary N) is 2. The van der Waals surface area contributed by atoms with Crippen LogP contribution in [-0.2, 0) is 9.53 Å². The monoisotopic (exact) mass is 436 g/mol. The zero-order chi connectivity index (χ0) is 20.4. The molecule has 1 aliphatic carbocycles. The van der Waals surface area contributed by atoms with E-state index >= 15 is 0 Å². The van der Waals surface area contributed by atoms with Crippen molar-refractivity contribution in [3.8, 4) is 0 Å². The summed E-state index contributed by atoms with van der Waals surface area (Å²) in [6.07, 6.45) is 2.67. The number of thioether (sulfide) groups is 1. The Hall–Kier alpha value is -0.0900. The van der Waals surface area contributed by atoms with E-state index in [2.05, 4.69) is 10.6 Å². The van der Waals surface area contributed by atoms with Crippen LogP contribution in [0.2, 0.25) is 0 Å². The molecule has 2 heterocycles. The van der Waals surface area contributed by atoms with E-state index in [9.17, 15) is 20.1 Å². The minimum absolute atomic E-state index is 0.157. The van der Waals surface area contributed by atoms with Crippen molar-refractivity contribution in [1.82, 2.24) is 10.6 Å². The van der Waals surface area contributed by atoms with Gasteiger partial charge in [0.05, 0.1) is 17.5 Å². The molecule has 1 saturated carbocycles. The largest absolute Gasteiger partial charge is 0.388 e. The molecule has 0 spiro atoms. The molecular weight excluding hydrogens is 404 g/mol. The van der Waals surface area contributed by atoms with Gasteiger partial charge in [0, 0.05) is 0 Å². The van der Waals surface area contributed by atoms with Gasteiger partial charge < -0.3 is 30.7 Å². The van der Waals surface area contributed by atoms with Crippen LogP contribution in [0.25, 0.3) is 0 Å². The Morgan fingerprint density at radius 1 is 1.21 bits per heavy atom. The summed E-state index contributed by atoms with van der Waals surface area (Å²) in [6.45, 7) is 2.54. The molecule has 28 heavy (non-hydrogen) atoms. The summed E-state index contributed by atoms with van der Waals surface area (Å²) in [6, 6.07) is -0.977. The summed E-state index contributed by atoms with van der Waals surface area (Å²) in [7, 11) is 0. The Labute approximate surface area is 175 Å². The van der Waals surface area contributed by atoms with E-state index in [1.807, 2.05) is 0 Å². The van der Waals surface area contributed by atoms with Crippen LogP contribution in [-0.4, -0.2) is 81.3 Å². The van der Waals surface area contributed by atoms with Gasteiger partial charge in [0.1, 0.15) is 29.9 Å². The molecule has 1 amide bonds. The molecule has 0 aromatic rings. The molecule has 2 saturated heterocycles. The van der Waals surface area contributed by atoms with Crippen molar-refractivity contribution < 1.29 is 24.9 Å². The van der Waals surface area contributed by atoms with Crippen LogP contribution >= 0.6 is 23.4 Å². The Balaban J connectivity index is 1.63. The highest BCUT2D eigenvalue weighted by atomic mass is 35.5. The number of aliphatic hydroxyl groups excluding tert-OH is 3. The fraction of sp³-hybridized carbons (Fsp3) is 0.947. The minimum atomic E-state index is -1.36. The highest BCUT2D eigenvalue weighted by Crippen LogP contribution is 2.38. The maximum Gasteiger partial charge on any atom is 0.237 e. The van der Waals surface area contributed by atoms with Gasteiger partial charge in [-0.25, -0.2) is 0 Å². The van der Waals surface area contributed by atoms with Crippen LogP contribution in [0.15, 0.2) is 0 Å². The fourth-order valence-corrected chi connectivity index (χ4v) is 5.21. The standard InChI is InChI=1S/C19H33ClN2O5S/c1-9(20)13(17-15(24)14(23)16(25)19(27-17)28-2)22-18(26)12-8-11(5-6-21-12)7-10-3-4-10/h9-17,19,21,23-25H,3-8H2,1-2H3,(H,22,26). The van der Waals surface area contributed by atoms with Gasteiger partial charge in [-0.1, -0.05) is 12.8 Å². The Kier molecular flexibility index (Phi) is 7.92. The van der Waals surface area contributed by atoms with Crippen molar-refractivity contribution in [2.75, 3.05) is 12.8 Å². The van der Waals surface area contributed by atoms with E-state index in [-0.39, 0.29) is 11.9 Å². The van der Waals surface area contributed by atoms with Gasteiger partial charge in [0.15, 0.2) is 0 Å². The van der Waals surface area contributed by atoms with E-state index in [4.69, 9.17) is 16.3 Å². The lowest BCUT2D eigenvalue weighted by Crippen LogP contribution is -2.65. The molecule has 2 aliphatic heterocycles. The molecular formula is C19H33ClN2O5S. The van der Waals surface area contributed by atoms with Crippen LogP contribution < -0.4 is 10.6 Å². The van der Waals surface area contributed by atoms with Crippen molar-refractivity contribution in [1.29, 1.82) is 0 Å². The van der Waals surface area contributed by atoms with Gasteiger partial charge in [-0.2, -0.15) is 0 Å². The van der Waals surface area contributed by atoms with Crippen molar-refractivity contribution >= 4 is 29.3 Å². The Morgan fingerprint density at radius 2 is 1.93 bits per heavy atom. The van der Waals surface area contributed by atoms with E-state index in [1.54, 1.807) is 13.2 Å². The number of aliphatic hydroxyl groups is 3. The third-order valence-electron chi connectivity index (χ3n) is 6.19. The van der Waals surface area contributed by atoms with Crippen LogP contribution in [0, 0.1) is 11.8 Å². The summed E-state index contributed by atoms with van der Waals surface area (Å²) >= 11 is 7.57. The van der Waals surface area contributed by atoms with Gasteiger partial charge in [0.2, 0.25) is 5.91 Å². The number of alkyl halides is 1. The first-order valence-electron chi connectivity index (χ1n) is 10.2. The number of carbonyl (C=O) groups excluding carboxylic acids is 1. The van der Waals surface area contributed by atoms with Gasteiger partial charge in [-0.3, -0.25) is 4.79 Å². The molecule has 0 aromatic carbocycles. The normalized spacial score (nSPS) is 41.3. The SMILES string of the molecule is CSC1OC(C(NC(=O)C2CC(CC3CC3)CCN2)C(C)Cl)C(O)C(O)C1O. The van der Waals surface area contributed by atoms with E-state index < -0.39 is 41.3 Å². The molecule has 9 unspecified atom stereocenters. The predicted molar refractivity (Wildman–Crippen MR) is 109 cm³/mol. The first-order valence-corrected chi connectivity index (χ1v) is 11.9. The van der Waals surface area contributed by atoms with Gasteiger partial charge in [-0.15, -0.1) is 23.4 Å². The molecule has 3 rings (SSSR count). The van der Waals surface area contributed by atoms with Crippen molar-refractivity contribution in [2.24, 2.45) is 11.8 Å². The molecule has 9 atom stereocenters. The van der Waals surface area contributed by atoms with E-state index in [1.165, 1.54) is 31.0 Å². The Morgan fingerprint density at radius 3 is 2.54 bits per heavy atom. The van der Waals surface area contributed by atoms with Crippen LogP contribution in [0.3, 0.4) is 0 Å². The lowest BCUT2D eigenvalue weighted by atomic mass is 9.87. The smallest absolute Gasteiger partial charge is 0.237 e. The summed E-state index contributed by atoms with van der Waals surface area (Å²) in [4.78, 5) is 12.9. The number of amides is 1. The summed E-state index contributed by atoms with van der Waals surface area (Å²) in [5.74, 6) is 1.24. The number of halogens is 1. The maximum absolute atomic E-state index is 12.9. The molecule has 5 N–H and O–H groups in total. The maximum atomic E-state index is 12.9. The average Bonchev–Trinajstić information content (AvgIpc) is 3.49. The average molecular weight is 437 g/mol. The zero-order valence-corrected chi connectivity index (χ0v) is 18.0. The van der Waals surface area contributed by atoms with Crippen LogP contribution in [0.4, 0.5) is 0 Å². The summed E-state index contributed by atoms with van der Waals surface area (Å²) in [5.41, 5.74) is -0.700. The first-order chi connectivity index (χ1) is 13.3. The van der Waals surface area contributed by atoms with Crippen LogP contribution in [0.5, 0.6) is 0 Å². The highest BCUT2D eigenvalue weighted by Gasteiger charge is 2.48. The number of ether oxygens (including phenoxy) is 1. The number of rotatable bonds is 7. The quantitative estimate of drug-likeness (QED) is 0.368. The molecule has 0 bridgehead atoms. The second-order valence-electron chi connectivity index (χ2n) is 8.46. The second kappa shape index (κ2) is 9.81.